The van der Waals surface area contributed by atoms with E-state index in [1.165, 1.54) is 87.4 Å². The first-order chi connectivity index (χ1) is 22.3. The molecule has 0 atom stereocenters. The Bertz CT molecular complexity index is 2900. The third kappa shape index (κ3) is 2.96. The number of aromatic nitrogens is 2. The van der Waals surface area contributed by atoms with Crippen LogP contribution < -0.4 is 0 Å². The Morgan fingerprint density at radius 2 is 1.02 bits per heavy atom. The molecule has 0 unspecified atom stereocenters. The van der Waals surface area contributed by atoms with E-state index in [0.29, 0.717) is 0 Å². The van der Waals surface area contributed by atoms with E-state index in [0.717, 1.165) is 16.7 Å². The number of benzene rings is 8. The zero-order chi connectivity index (χ0) is 29.2. The summed E-state index contributed by atoms with van der Waals surface area (Å²) in [6.45, 7) is 0. The maximum atomic E-state index is 5.44. The lowest BCUT2D eigenvalue weighted by atomic mass is 9.93. The van der Waals surface area contributed by atoms with Gasteiger partial charge in [0.2, 0.25) is 0 Å². The molecule has 206 valence electrons. The van der Waals surface area contributed by atoms with Crippen molar-refractivity contribution >= 4 is 70.7 Å². The fraction of sp³-hybridized carbons (Fsp3) is 0. The lowest BCUT2D eigenvalue weighted by Crippen LogP contribution is -1.93. The summed E-state index contributed by atoms with van der Waals surface area (Å²) in [7, 11) is 0. The summed E-state index contributed by atoms with van der Waals surface area (Å²) in [6.07, 6.45) is 0. The van der Waals surface area contributed by atoms with Crippen LogP contribution in [0.1, 0.15) is 0 Å². The highest BCUT2D eigenvalue weighted by Gasteiger charge is 2.23. The monoisotopic (exact) mass is 568 g/mol. The van der Waals surface area contributed by atoms with Crippen LogP contribution in [0.5, 0.6) is 0 Å². The summed E-state index contributed by atoms with van der Waals surface area (Å²) in [6, 6.07) is 53.5. The van der Waals surface area contributed by atoms with Gasteiger partial charge in [0.1, 0.15) is 5.65 Å². The summed E-state index contributed by atoms with van der Waals surface area (Å²) >= 11 is 0. The smallest absolute Gasteiger partial charge is 0.147 e. The minimum atomic E-state index is 1.01. The molecular formula is C43H24N2. The fourth-order valence-electron chi connectivity index (χ4n) is 8.13. The van der Waals surface area contributed by atoms with Crippen LogP contribution in [-0.4, -0.2) is 9.38 Å². The second-order valence-electron chi connectivity index (χ2n) is 12.3. The first-order valence-electron chi connectivity index (χ1n) is 15.6. The lowest BCUT2D eigenvalue weighted by Gasteiger charge is -2.14. The van der Waals surface area contributed by atoms with Crippen molar-refractivity contribution in [3.63, 3.8) is 0 Å². The predicted octanol–water partition coefficient (Wildman–Crippen LogP) is 11.6. The third-order valence-corrected chi connectivity index (χ3v) is 10.1. The van der Waals surface area contributed by atoms with E-state index in [1.54, 1.807) is 0 Å². The molecule has 0 radical (unpaired) electrons. The Morgan fingerprint density at radius 3 is 1.89 bits per heavy atom. The molecule has 0 amide bonds. The average molecular weight is 569 g/mol. The largest absolute Gasteiger partial charge is 0.292 e. The zero-order valence-corrected chi connectivity index (χ0v) is 24.3. The quantitative estimate of drug-likeness (QED) is 0.180. The molecule has 10 aromatic rings. The normalized spacial score (nSPS) is 12.4. The van der Waals surface area contributed by atoms with Crippen LogP contribution in [0.4, 0.5) is 0 Å². The molecule has 1 aliphatic rings. The summed E-state index contributed by atoms with van der Waals surface area (Å²) in [4.78, 5) is 5.44. The van der Waals surface area contributed by atoms with Crippen molar-refractivity contribution in [2.24, 2.45) is 0 Å². The molecule has 45 heavy (non-hydrogen) atoms. The van der Waals surface area contributed by atoms with E-state index < -0.39 is 0 Å². The van der Waals surface area contributed by atoms with Gasteiger partial charge in [-0.05, 0) is 77.8 Å². The average Bonchev–Trinajstić information content (AvgIpc) is 3.66. The van der Waals surface area contributed by atoms with E-state index in [9.17, 15) is 0 Å². The first-order valence-corrected chi connectivity index (χ1v) is 15.6. The van der Waals surface area contributed by atoms with Gasteiger partial charge in [0.05, 0.1) is 16.6 Å². The summed E-state index contributed by atoms with van der Waals surface area (Å²) < 4.78 is 2.41. The Morgan fingerprint density at radius 1 is 0.378 bits per heavy atom. The molecule has 2 aromatic heterocycles. The Kier molecular flexibility index (Phi) is 4.35. The van der Waals surface area contributed by atoms with Crippen LogP contribution in [0.25, 0.3) is 104 Å². The summed E-state index contributed by atoms with van der Waals surface area (Å²) in [5, 5.41) is 11.2. The van der Waals surface area contributed by atoms with Crippen LogP contribution in [0.2, 0.25) is 0 Å². The summed E-state index contributed by atoms with van der Waals surface area (Å²) in [5.41, 5.74) is 12.1. The van der Waals surface area contributed by atoms with E-state index >= 15 is 0 Å². The minimum absolute atomic E-state index is 1.01. The highest BCUT2D eigenvalue weighted by atomic mass is 15.0. The lowest BCUT2D eigenvalue weighted by molar-refractivity contribution is 1.32. The molecule has 2 heterocycles. The van der Waals surface area contributed by atoms with Gasteiger partial charge >= 0.3 is 0 Å². The molecule has 11 rings (SSSR count). The van der Waals surface area contributed by atoms with Crippen molar-refractivity contribution in [1.29, 1.82) is 0 Å². The number of pyridine rings is 1. The topological polar surface area (TPSA) is 17.3 Å². The SMILES string of the molecule is c1ccc2c(c1)-c1cccc3c(-c4ccc5c6ccc7ccccc7c6c6nc7c8ccccc8ccc7n6c5c4)ccc-2c13. The number of nitrogens with zero attached hydrogens (tertiary/aromatic N) is 2. The van der Waals surface area contributed by atoms with E-state index in [1.807, 2.05) is 0 Å². The van der Waals surface area contributed by atoms with Crippen LogP contribution in [0, 0.1) is 0 Å². The molecule has 0 aliphatic heterocycles. The van der Waals surface area contributed by atoms with Crippen molar-refractivity contribution in [3.05, 3.63) is 146 Å². The predicted molar refractivity (Wildman–Crippen MR) is 190 cm³/mol. The van der Waals surface area contributed by atoms with Gasteiger partial charge < -0.3 is 0 Å². The third-order valence-electron chi connectivity index (χ3n) is 10.1. The van der Waals surface area contributed by atoms with E-state index in [4.69, 9.17) is 4.98 Å². The van der Waals surface area contributed by atoms with Gasteiger partial charge in [-0.15, -0.1) is 0 Å². The van der Waals surface area contributed by atoms with Gasteiger partial charge in [-0.2, -0.15) is 0 Å². The molecule has 2 heteroatoms. The zero-order valence-electron chi connectivity index (χ0n) is 24.3. The maximum absolute atomic E-state index is 5.44. The molecule has 2 nitrogen and oxygen atoms in total. The number of rotatable bonds is 1. The highest BCUT2D eigenvalue weighted by molar-refractivity contribution is 6.25. The van der Waals surface area contributed by atoms with Gasteiger partial charge in [-0.3, -0.25) is 4.40 Å². The number of imidazole rings is 1. The first kappa shape index (κ1) is 23.5. The van der Waals surface area contributed by atoms with Gasteiger partial charge in [0, 0.05) is 16.2 Å². The van der Waals surface area contributed by atoms with Crippen molar-refractivity contribution < 1.29 is 0 Å². The molecule has 8 aromatic carbocycles. The van der Waals surface area contributed by atoms with Crippen molar-refractivity contribution in [2.75, 3.05) is 0 Å². The van der Waals surface area contributed by atoms with Gasteiger partial charge in [0.15, 0.2) is 0 Å². The van der Waals surface area contributed by atoms with Gasteiger partial charge in [-0.25, -0.2) is 4.98 Å². The van der Waals surface area contributed by atoms with E-state index in [2.05, 4.69) is 150 Å². The molecule has 0 spiro atoms. The number of fused-ring (bicyclic) bond motifs is 15. The molecule has 1 aliphatic carbocycles. The Labute approximate surface area is 258 Å². The molecule has 0 saturated carbocycles. The Hall–Kier alpha value is -5.99. The fourth-order valence-corrected chi connectivity index (χ4v) is 8.13. The highest BCUT2D eigenvalue weighted by Crippen LogP contribution is 2.49. The maximum Gasteiger partial charge on any atom is 0.147 e. The molecule has 0 bridgehead atoms. The van der Waals surface area contributed by atoms with Crippen molar-refractivity contribution in [1.82, 2.24) is 9.38 Å². The van der Waals surface area contributed by atoms with Crippen LogP contribution in [-0.2, 0) is 0 Å². The second-order valence-corrected chi connectivity index (χ2v) is 12.3. The van der Waals surface area contributed by atoms with Crippen molar-refractivity contribution in [2.45, 2.75) is 0 Å². The minimum Gasteiger partial charge on any atom is -0.292 e. The molecule has 0 saturated heterocycles. The second kappa shape index (κ2) is 8.34. The Balaban J connectivity index is 1.29. The standard InChI is InChI=1S/C43H24N2/c1-3-10-29-25(8-1)16-20-37-33-19-17-27(28-21-22-36-32-13-6-5-12-31(32)35-15-7-14-34(28)40(35)36)24-39(33)45-38-23-18-26-9-2-4-11-30(26)42(38)44-43(45)41(29)37/h1-24H. The van der Waals surface area contributed by atoms with Crippen LogP contribution in [0.3, 0.4) is 0 Å². The van der Waals surface area contributed by atoms with Crippen LogP contribution >= 0.6 is 0 Å². The number of hydrogen-bond acceptors (Lipinski definition) is 1. The summed E-state index contributed by atoms with van der Waals surface area (Å²) in [5.74, 6) is 0. The van der Waals surface area contributed by atoms with Crippen LogP contribution in [0.15, 0.2) is 146 Å². The van der Waals surface area contributed by atoms with Gasteiger partial charge in [-0.1, -0.05) is 133 Å². The van der Waals surface area contributed by atoms with Crippen molar-refractivity contribution in [3.8, 4) is 33.4 Å². The molecule has 0 N–H and O–H groups in total. The molecular weight excluding hydrogens is 544 g/mol. The van der Waals surface area contributed by atoms with E-state index in [-0.39, 0.29) is 0 Å². The van der Waals surface area contributed by atoms with Gasteiger partial charge in [0.25, 0.3) is 0 Å². The molecule has 0 fully saturated rings. The number of hydrogen-bond donors (Lipinski definition) is 0.